The maximum atomic E-state index is 12.4. The number of benzene rings is 3. The Morgan fingerprint density at radius 1 is 1.00 bits per heavy atom. The third-order valence-electron chi connectivity index (χ3n) is 5.22. The fourth-order valence-electron chi connectivity index (χ4n) is 3.13. The van der Waals surface area contributed by atoms with E-state index in [0.717, 1.165) is 27.1 Å². The molecule has 0 saturated carbocycles. The highest BCUT2D eigenvalue weighted by molar-refractivity contribution is 7.98. The van der Waals surface area contributed by atoms with E-state index in [0.29, 0.717) is 11.3 Å². The Labute approximate surface area is 199 Å². The van der Waals surface area contributed by atoms with E-state index in [4.69, 9.17) is 0 Å². The van der Waals surface area contributed by atoms with Gasteiger partial charge in [0, 0.05) is 10.5 Å². The molecule has 6 nitrogen and oxygen atoms in total. The lowest BCUT2D eigenvalue weighted by atomic mass is 10.1. The third-order valence-corrected chi connectivity index (χ3v) is 7.10. The standard InChI is InChI=1S/C25H27N3O3S2/c1-18-5-12-23(15-19(18)2)28(33(4,30)31)17-21-6-10-22(11-7-21)25(29)27-26-16-20-8-13-24(32-3)14-9-20/h5-16H,17H2,1-4H3,(H,27,29)/b26-16-. The number of hydrazone groups is 1. The Morgan fingerprint density at radius 3 is 2.24 bits per heavy atom. The summed E-state index contributed by atoms with van der Waals surface area (Å²) in [5.41, 5.74) is 7.34. The third kappa shape index (κ3) is 6.69. The van der Waals surface area contributed by atoms with Crippen molar-refractivity contribution >= 4 is 39.6 Å². The lowest BCUT2D eigenvalue weighted by Crippen LogP contribution is -2.29. The van der Waals surface area contributed by atoms with Crippen LogP contribution in [0.2, 0.25) is 0 Å². The summed E-state index contributed by atoms with van der Waals surface area (Å²) < 4.78 is 26.2. The smallest absolute Gasteiger partial charge is 0.267 e. The highest BCUT2D eigenvalue weighted by Crippen LogP contribution is 2.23. The van der Waals surface area contributed by atoms with Crippen molar-refractivity contribution in [2.75, 3.05) is 16.8 Å². The Bertz CT molecular complexity index is 1250. The van der Waals surface area contributed by atoms with Crippen LogP contribution in [0.25, 0.3) is 0 Å². The summed E-state index contributed by atoms with van der Waals surface area (Å²) in [4.78, 5) is 13.5. The largest absolute Gasteiger partial charge is 0.271 e. The number of thioether (sulfide) groups is 1. The van der Waals surface area contributed by atoms with E-state index in [9.17, 15) is 13.2 Å². The van der Waals surface area contributed by atoms with Crippen molar-refractivity contribution in [3.63, 3.8) is 0 Å². The van der Waals surface area contributed by atoms with Crippen LogP contribution in [0, 0.1) is 13.8 Å². The number of carbonyl (C=O) groups excluding carboxylic acids is 1. The molecule has 0 aliphatic heterocycles. The number of nitrogens with zero attached hydrogens (tertiary/aromatic N) is 2. The normalized spacial score (nSPS) is 11.5. The molecule has 0 aliphatic carbocycles. The van der Waals surface area contributed by atoms with Gasteiger partial charge in [-0.3, -0.25) is 9.10 Å². The van der Waals surface area contributed by atoms with Gasteiger partial charge in [0.1, 0.15) is 0 Å². The van der Waals surface area contributed by atoms with E-state index in [-0.39, 0.29) is 12.5 Å². The van der Waals surface area contributed by atoms with E-state index < -0.39 is 10.0 Å². The molecule has 0 fully saturated rings. The van der Waals surface area contributed by atoms with Gasteiger partial charge < -0.3 is 0 Å². The summed E-state index contributed by atoms with van der Waals surface area (Å²) in [6.45, 7) is 4.11. The van der Waals surface area contributed by atoms with Gasteiger partial charge >= 0.3 is 0 Å². The molecule has 0 heterocycles. The van der Waals surface area contributed by atoms with Crippen LogP contribution in [0.1, 0.15) is 32.6 Å². The molecule has 0 spiro atoms. The number of hydrogen-bond acceptors (Lipinski definition) is 5. The van der Waals surface area contributed by atoms with Crippen molar-refractivity contribution in [3.8, 4) is 0 Å². The predicted octanol–water partition coefficient (Wildman–Crippen LogP) is 4.76. The van der Waals surface area contributed by atoms with E-state index in [1.165, 1.54) is 10.6 Å². The molecule has 3 aromatic rings. The number of carbonyl (C=O) groups is 1. The quantitative estimate of drug-likeness (QED) is 0.286. The van der Waals surface area contributed by atoms with Crippen LogP contribution in [-0.4, -0.2) is 33.1 Å². The average Bonchev–Trinajstić information content (AvgIpc) is 2.79. The summed E-state index contributed by atoms with van der Waals surface area (Å²) in [7, 11) is -3.48. The van der Waals surface area contributed by atoms with Gasteiger partial charge in [0.25, 0.3) is 5.91 Å². The maximum absolute atomic E-state index is 12.4. The number of sulfonamides is 1. The van der Waals surface area contributed by atoms with Gasteiger partial charge in [-0.2, -0.15) is 5.10 Å². The van der Waals surface area contributed by atoms with Gasteiger partial charge in [-0.25, -0.2) is 13.8 Å². The summed E-state index contributed by atoms with van der Waals surface area (Å²) in [5.74, 6) is -0.340. The highest BCUT2D eigenvalue weighted by atomic mass is 32.2. The van der Waals surface area contributed by atoms with Gasteiger partial charge in [-0.15, -0.1) is 11.8 Å². The summed E-state index contributed by atoms with van der Waals surface area (Å²) in [6, 6.07) is 20.2. The number of aryl methyl sites for hydroxylation is 2. The molecule has 0 aromatic heterocycles. The topological polar surface area (TPSA) is 78.8 Å². The molecule has 0 saturated heterocycles. The second kappa shape index (κ2) is 10.7. The molecule has 1 N–H and O–H groups in total. The fourth-order valence-corrected chi connectivity index (χ4v) is 4.42. The minimum Gasteiger partial charge on any atom is -0.267 e. The number of hydrogen-bond donors (Lipinski definition) is 1. The van der Waals surface area contributed by atoms with Crippen LogP contribution in [0.5, 0.6) is 0 Å². The van der Waals surface area contributed by atoms with Crippen molar-refractivity contribution < 1.29 is 13.2 Å². The zero-order chi connectivity index (χ0) is 24.0. The molecule has 0 atom stereocenters. The first kappa shape index (κ1) is 24.5. The van der Waals surface area contributed by atoms with Gasteiger partial charge in [0.2, 0.25) is 10.0 Å². The van der Waals surface area contributed by atoms with Crippen molar-refractivity contribution in [3.05, 3.63) is 94.5 Å². The first-order valence-corrected chi connectivity index (χ1v) is 13.4. The molecule has 3 aromatic carbocycles. The zero-order valence-corrected chi connectivity index (χ0v) is 20.7. The molecule has 0 unspecified atom stereocenters. The SMILES string of the molecule is CSc1ccc(/C=N\NC(=O)c2ccc(CN(c3ccc(C)c(C)c3)S(C)(=O)=O)cc2)cc1. The van der Waals surface area contributed by atoms with Crippen LogP contribution in [0.4, 0.5) is 5.69 Å². The van der Waals surface area contributed by atoms with Gasteiger partial charge in [-0.05, 0) is 78.8 Å². The molecule has 33 heavy (non-hydrogen) atoms. The van der Waals surface area contributed by atoms with E-state index in [1.54, 1.807) is 48.3 Å². The second-order valence-corrected chi connectivity index (χ2v) is 10.5. The number of amides is 1. The lowest BCUT2D eigenvalue weighted by molar-refractivity contribution is 0.0955. The van der Waals surface area contributed by atoms with Crippen LogP contribution >= 0.6 is 11.8 Å². The predicted molar refractivity (Wildman–Crippen MR) is 137 cm³/mol. The van der Waals surface area contributed by atoms with Crippen molar-refractivity contribution in [1.82, 2.24) is 5.43 Å². The summed E-state index contributed by atoms with van der Waals surface area (Å²) >= 11 is 1.66. The van der Waals surface area contributed by atoms with E-state index in [1.807, 2.05) is 56.5 Å². The van der Waals surface area contributed by atoms with Crippen molar-refractivity contribution in [1.29, 1.82) is 0 Å². The summed E-state index contributed by atoms with van der Waals surface area (Å²) in [5, 5.41) is 4.01. The minimum absolute atomic E-state index is 0.174. The monoisotopic (exact) mass is 481 g/mol. The van der Waals surface area contributed by atoms with Crippen LogP contribution in [0.15, 0.2) is 76.7 Å². The van der Waals surface area contributed by atoms with E-state index >= 15 is 0 Å². The van der Waals surface area contributed by atoms with Crippen molar-refractivity contribution in [2.45, 2.75) is 25.3 Å². The molecule has 0 bridgehead atoms. The van der Waals surface area contributed by atoms with Gasteiger partial charge in [0.15, 0.2) is 0 Å². The first-order valence-electron chi connectivity index (χ1n) is 10.3. The molecule has 172 valence electrons. The lowest BCUT2D eigenvalue weighted by Gasteiger charge is -2.23. The van der Waals surface area contributed by atoms with Gasteiger partial charge in [0.05, 0.1) is 24.7 Å². The molecule has 0 radical (unpaired) electrons. The molecular formula is C25H27N3O3S2. The summed E-state index contributed by atoms with van der Waals surface area (Å²) in [6.07, 6.45) is 4.79. The van der Waals surface area contributed by atoms with Gasteiger partial charge in [-0.1, -0.05) is 30.3 Å². The van der Waals surface area contributed by atoms with Crippen LogP contribution in [-0.2, 0) is 16.6 Å². The van der Waals surface area contributed by atoms with Crippen LogP contribution < -0.4 is 9.73 Å². The Morgan fingerprint density at radius 2 is 1.67 bits per heavy atom. The first-order chi connectivity index (χ1) is 15.7. The van der Waals surface area contributed by atoms with E-state index in [2.05, 4.69) is 10.5 Å². The maximum Gasteiger partial charge on any atom is 0.271 e. The Kier molecular flexibility index (Phi) is 7.94. The van der Waals surface area contributed by atoms with Crippen molar-refractivity contribution in [2.24, 2.45) is 5.10 Å². The number of rotatable bonds is 8. The molecule has 0 aliphatic rings. The molecule has 3 rings (SSSR count). The highest BCUT2D eigenvalue weighted by Gasteiger charge is 2.18. The molecular weight excluding hydrogens is 454 g/mol. The van der Waals surface area contributed by atoms with Crippen LogP contribution in [0.3, 0.4) is 0 Å². The molecule has 8 heteroatoms. The zero-order valence-electron chi connectivity index (χ0n) is 19.1. The Hall–Kier alpha value is -3.10. The second-order valence-electron chi connectivity index (χ2n) is 7.71. The minimum atomic E-state index is -3.48. The molecule has 1 amide bonds. The fraction of sp³-hybridized carbons (Fsp3) is 0.200. The number of anilines is 1. The average molecular weight is 482 g/mol. The number of nitrogens with one attached hydrogen (secondary N) is 1. The Balaban J connectivity index is 1.68.